The summed E-state index contributed by atoms with van der Waals surface area (Å²) in [5.41, 5.74) is 0. The van der Waals surface area contributed by atoms with E-state index in [1.807, 2.05) is 0 Å². The van der Waals surface area contributed by atoms with Crippen molar-refractivity contribution in [3.63, 3.8) is 0 Å². The van der Waals surface area contributed by atoms with Crippen LogP contribution in [0.5, 0.6) is 0 Å². The normalized spacial score (nSPS) is 25.1. The van der Waals surface area contributed by atoms with Crippen LogP contribution in [0.25, 0.3) is 0 Å². The number of hydrogen-bond donors (Lipinski definition) is 3. The lowest BCUT2D eigenvalue weighted by atomic mass is 9.77. The summed E-state index contributed by atoms with van der Waals surface area (Å²) >= 11 is 0. The van der Waals surface area contributed by atoms with Gasteiger partial charge in [-0.3, -0.25) is 4.79 Å². The van der Waals surface area contributed by atoms with E-state index in [1.54, 1.807) is 18.2 Å². The van der Waals surface area contributed by atoms with Crippen molar-refractivity contribution in [3.05, 3.63) is 30.3 Å². The molecular weight excluding hydrogens is 345 g/mol. The summed E-state index contributed by atoms with van der Waals surface area (Å²) in [7, 11) is -5.24. The number of nitrogens with zero attached hydrogens (tertiary/aromatic N) is 2. The molecule has 8 nitrogen and oxygen atoms in total. The number of likely N-dealkylation sites (tertiary alicyclic amines) is 1. The smallest absolute Gasteiger partial charge is 0.426 e. The topological polar surface area (TPSA) is 110 Å². The molecule has 3 rings (SSSR count). The molecule has 25 heavy (non-hydrogen) atoms. The quantitative estimate of drug-likeness (QED) is 0.568. The molecule has 0 spiro atoms. The SMILES string of the molecule is O=C(C1CN(S(=O)(=O)c2ccccc2)CCN1)N1CCC[C@H]1B(O)O. The molecule has 0 radical (unpaired) electrons. The lowest BCUT2D eigenvalue weighted by Crippen LogP contribution is -2.60. The molecule has 1 unspecified atom stereocenters. The molecule has 2 aliphatic rings. The van der Waals surface area contributed by atoms with Gasteiger partial charge in [-0.15, -0.1) is 0 Å². The van der Waals surface area contributed by atoms with Gasteiger partial charge in [-0.05, 0) is 25.0 Å². The molecule has 0 bridgehead atoms. The minimum absolute atomic E-state index is 0.0286. The zero-order valence-electron chi connectivity index (χ0n) is 13.8. The van der Waals surface area contributed by atoms with Gasteiger partial charge in [0.25, 0.3) is 0 Å². The molecule has 0 aliphatic carbocycles. The number of nitrogens with one attached hydrogen (secondary N) is 1. The maximum Gasteiger partial charge on any atom is 0.475 e. The first kappa shape index (κ1) is 18.3. The van der Waals surface area contributed by atoms with Crippen LogP contribution in [0.15, 0.2) is 35.2 Å². The molecule has 1 amide bonds. The van der Waals surface area contributed by atoms with Crippen LogP contribution in [-0.2, 0) is 14.8 Å². The molecule has 2 heterocycles. The Morgan fingerprint density at radius 2 is 1.92 bits per heavy atom. The van der Waals surface area contributed by atoms with E-state index in [1.165, 1.54) is 21.3 Å². The summed E-state index contributed by atoms with van der Waals surface area (Å²) in [6, 6.07) is 7.45. The number of benzene rings is 1. The molecule has 1 aromatic rings. The van der Waals surface area contributed by atoms with Crippen molar-refractivity contribution >= 4 is 23.0 Å². The third kappa shape index (κ3) is 3.72. The minimum Gasteiger partial charge on any atom is -0.426 e. The minimum atomic E-state index is -3.66. The van der Waals surface area contributed by atoms with Gasteiger partial charge < -0.3 is 20.3 Å². The highest BCUT2D eigenvalue weighted by Crippen LogP contribution is 2.21. The van der Waals surface area contributed by atoms with E-state index in [9.17, 15) is 23.3 Å². The van der Waals surface area contributed by atoms with Gasteiger partial charge in [0, 0.05) is 26.2 Å². The lowest BCUT2D eigenvalue weighted by molar-refractivity contribution is -0.134. The number of carbonyl (C=O) groups is 1. The first-order chi connectivity index (χ1) is 11.9. The van der Waals surface area contributed by atoms with Crippen molar-refractivity contribution in [1.82, 2.24) is 14.5 Å². The summed E-state index contributed by atoms with van der Waals surface area (Å²) < 4.78 is 26.8. The van der Waals surface area contributed by atoms with Crippen LogP contribution < -0.4 is 5.32 Å². The predicted molar refractivity (Wildman–Crippen MR) is 91.9 cm³/mol. The van der Waals surface area contributed by atoms with E-state index in [0.29, 0.717) is 25.9 Å². The molecule has 10 heteroatoms. The number of carbonyl (C=O) groups excluding carboxylic acids is 1. The summed E-state index contributed by atoms with van der Waals surface area (Å²) in [5, 5.41) is 21.9. The van der Waals surface area contributed by atoms with Crippen molar-refractivity contribution in [2.45, 2.75) is 29.7 Å². The first-order valence-electron chi connectivity index (χ1n) is 8.36. The zero-order valence-corrected chi connectivity index (χ0v) is 14.6. The number of amides is 1. The Balaban J connectivity index is 1.74. The van der Waals surface area contributed by atoms with Crippen LogP contribution in [0.2, 0.25) is 0 Å². The van der Waals surface area contributed by atoms with Crippen molar-refractivity contribution in [2.24, 2.45) is 0 Å². The fraction of sp³-hybridized carbons (Fsp3) is 0.533. The van der Waals surface area contributed by atoms with E-state index in [-0.39, 0.29) is 23.9 Å². The highest BCUT2D eigenvalue weighted by Gasteiger charge is 2.41. The maximum atomic E-state index is 12.7. The van der Waals surface area contributed by atoms with Gasteiger partial charge in [-0.2, -0.15) is 4.31 Å². The Hall–Kier alpha value is -1.46. The van der Waals surface area contributed by atoms with E-state index >= 15 is 0 Å². The highest BCUT2D eigenvalue weighted by atomic mass is 32.2. The van der Waals surface area contributed by atoms with E-state index in [4.69, 9.17) is 0 Å². The number of rotatable bonds is 4. The van der Waals surface area contributed by atoms with E-state index < -0.39 is 29.1 Å². The van der Waals surface area contributed by atoms with Crippen LogP contribution in [0.1, 0.15) is 12.8 Å². The molecule has 2 saturated heterocycles. The van der Waals surface area contributed by atoms with Gasteiger partial charge >= 0.3 is 7.12 Å². The molecule has 0 aromatic heterocycles. The predicted octanol–water partition coefficient (Wildman–Crippen LogP) is -1.35. The average molecular weight is 367 g/mol. The van der Waals surface area contributed by atoms with Gasteiger partial charge in [-0.1, -0.05) is 18.2 Å². The van der Waals surface area contributed by atoms with E-state index in [2.05, 4.69) is 5.32 Å². The Morgan fingerprint density at radius 1 is 1.20 bits per heavy atom. The van der Waals surface area contributed by atoms with Gasteiger partial charge in [0.1, 0.15) is 6.04 Å². The van der Waals surface area contributed by atoms with Gasteiger partial charge in [0.15, 0.2) is 0 Å². The lowest BCUT2D eigenvalue weighted by Gasteiger charge is -2.35. The second-order valence-electron chi connectivity index (χ2n) is 6.34. The van der Waals surface area contributed by atoms with Crippen LogP contribution in [0, 0.1) is 0 Å². The zero-order chi connectivity index (χ0) is 18.0. The summed E-state index contributed by atoms with van der Waals surface area (Å²) in [6.45, 7) is 1.13. The van der Waals surface area contributed by atoms with Crippen LogP contribution >= 0.6 is 0 Å². The Morgan fingerprint density at radius 3 is 2.60 bits per heavy atom. The summed E-state index contributed by atoms with van der Waals surface area (Å²) in [5.74, 6) is -0.918. The maximum absolute atomic E-state index is 12.7. The fourth-order valence-corrected chi connectivity index (χ4v) is 4.90. The van der Waals surface area contributed by atoms with Crippen molar-refractivity contribution in [1.29, 1.82) is 0 Å². The molecule has 1 aromatic carbocycles. The first-order valence-corrected chi connectivity index (χ1v) is 9.80. The Kier molecular flexibility index (Phi) is 5.45. The van der Waals surface area contributed by atoms with Gasteiger partial charge in [-0.25, -0.2) is 8.42 Å². The molecular formula is C15H22BN3O5S. The number of hydrogen-bond acceptors (Lipinski definition) is 6. The van der Waals surface area contributed by atoms with Crippen molar-refractivity contribution in [3.8, 4) is 0 Å². The molecule has 0 saturated carbocycles. The van der Waals surface area contributed by atoms with Gasteiger partial charge in [0.2, 0.25) is 15.9 Å². The standard InChI is InChI=1S/C15H22BN3O5S/c20-15(19-9-4-7-14(19)16(21)22)13-11-18(10-8-17-13)25(23,24)12-5-2-1-3-6-12/h1-3,5-6,13-14,17,21-22H,4,7-11H2/t13?,14-/m0/s1. The van der Waals surface area contributed by atoms with Crippen molar-refractivity contribution < 1.29 is 23.3 Å². The monoisotopic (exact) mass is 367 g/mol. The Bertz CT molecular complexity index is 715. The fourth-order valence-electron chi connectivity index (χ4n) is 3.42. The third-order valence-corrected chi connectivity index (χ3v) is 6.62. The third-order valence-electron chi connectivity index (χ3n) is 4.74. The number of sulfonamides is 1. The van der Waals surface area contributed by atoms with Crippen LogP contribution in [-0.4, -0.2) is 78.9 Å². The summed E-state index contributed by atoms with van der Waals surface area (Å²) in [6.07, 6.45) is 1.23. The van der Waals surface area contributed by atoms with E-state index in [0.717, 1.165) is 0 Å². The number of piperazine rings is 1. The highest BCUT2D eigenvalue weighted by molar-refractivity contribution is 7.89. The average Bonchev–Trinajstić information content (AvgIpc) is 3.12. The molecule has 2 atom stereocenters. The largest absolute Gasteiger partial charge is 0.475 e. The molecule has 136 valence electrons. The van der Waals surface area contributed by atoms with Crippen LogP contribution in [0.3, 0.4) is 0 Å². The second kappa shape index (κ2) is 7.42. The summed E-state index contributed by atoms with van der Waals surface area (Å²) in [4.78, 5) is 14.4. The van der Waals surface area contributed by atoms with Crippen LogP contribution in [0.4, 0.5) is 0 Å². The molecule has 2 aliphatic heterocycles. The van der Waals surface area contributed by atoms with Crippen molar-refractivity contribution in [2.75, 3.05) is 26.2 Å². The Labute approximate surface area is 147 Å². The molecule has 2 fully saturated rings. The van der Waals surface area contributed by atoms with Gasteiger partial charge in [0.05, 0.1) is 10.8 Å². The molecule has 3 N–H and O–H groups in total. The second-order valence-corrected chi connectivity index (χ2v) is 8.28.